The van der Waals surface area contributed by atoms with E-state index in [-0.39, 0.29) is 24.3 Å². The third-order valence-electron chi connectivity index (χ3n) is 4.09. The first-order valence-electron chi connectivity index (χ1n) is 8.83. The molecular formula is C21H26N2O3. The number of methoxy groups -OCH3 is 1. The number of rotatable bonds is 10. The molecule has 2 aromatic rings. The molecule has 0 aromatic heterocycles. The summed E-state index contributed by atoms with van der Waals surface area (Å²) in [5, 5.41) is 5.47. The van der Waals surface area contributed by atoms with Gasteiger partial charge in [-0.25, -0.2) is 0 Å². The highest BCUT2D eigenvalue weighted by molar-refractivity contribution is 5.85. The first-order chi connectivity index (χ1) is 12.7. The average Bonchev–Trinajstić information content (AvgIpc) is 2.69. The largest absolute Gasteiger partial charge is 0.385 e. The minimum atomic E-state index is -0.189. The Morgan fingerprint density at radius 1 is 0.885 bits per heavy atom. The molecule has 0 radical (unpaired) electrons. The molecule has 0 aliphatic heterocycles. The zero-order valence-electron chi connectivity index (χ0n) is 15.1. The number of carbonyl (C=O) groups is 2. The van der Waals surface area contributed by atoms with Crippen molar-refractivity contribution in [2.45, 2.75) is 18.8 Å². The van der Waals surface area contributed by atoms with Crippen molar-refractivity contribution < 1.29 is 14.3 Å². The number of amides is 2. The molecule has 2 rings (SSSR count). The normalized spacial score (nSPS) is 10.5. The minimum Gasteiger partial charge on any atom is -0.385 e. The molecule has 0 saturated heterocycles. The van der Waals surface area contributed by atoms with Crippen molar-refractivity contribution in [1.82, 2.24) is 10.6 Å². The Balaban J connectivity index is 1.90. The molecule has 0 unspecified atom stereocenters. The van der Waals surface area contributed by atoms with Crippen LogP contribution in [0.15, 0.2) is 60.7 Å². The van der Waals surface area contributed by atoms with E-state index in [1.165, 1.54) is 0 Å². The van der Waals surface area contributed by atoms with Crippen LogP contribution >= 0.6 is 0 Å². The standard InChI is InChI=1S/C21H26N2O3/c1-26-14-8-13-22-21(25)16-23-20(24)15-19(17-9-4-2-5-10-17)18-11-6-3-7-12-18/h2-7,9-12,19H,8,13-16H2,1H3,(H,22,25)(H,23,24). The fourth-order valence-electron chi connectivity index (χ4n) is 2.74. The van der Waals surface area contributed by atoms with Gasteiger partial charge in [-0.3, -0.25) is 9.59 Å². The van der Waals surface area contributed by atoms with Gasteiger partial charge in [0.1, 0.15) is 0 Å². The van der Waals surface area contributed by atoms with Crippen LogP contribution in [0.2, 0.25) is 0 Å². The van der Waals surface area contributed by atoms with Gasteiger partial charge >= 0.3 is 0 Å². The molecule has 2 amide bonds. The lowest BCUT2D eigenvalue weighted by Crippen LogP contribution is -2.37. The number of hydrogen-bond donors (Lipinski definition) is 2. The highest BCUT2D eigenvalue weighted by Gasteiger charge is 2.18. The van der Waals surface area contributed by atoms with Gasteiger partial charge in [0.15, 0.2) is 0 Å². The molecule has 0 spiro atoms. The van der Waals surface area contributed by atoms with Gasteiger partial charge in [-0.05, 0) is 17.5 Å². The summed E-state index contributed by atoms with van der Waals surface area (Å²) in [5.74, 6) is -0.373. The monoisotopic (exact) mass is 354 g/mol. The van der Waals surface area contributed by atoms with Gasteiger partial charge in [-0.15, -0.1) is 0 Å². The summed E-state index contributed by atoms with van der Waals surface area (Å²) < 4.78 is 4.93. The van der Waals surface area contributed by atoms with E-state index in [9.17, 15) is 9.59 Å². The van der Waals surface area contributed by atoms with Crippen molar-refractivity contribution >= 4 is 11.8 Å². The number of nitrogens with one attached hydrogen (secondary N) is 2. The van der Waals surface area contributed by atoms with Crippen LogP contribution in [0.5, 0.6) is 0 Å². The summed E-state index contributed by atoms with van der Waals surface area (Å²) in [4.78, 5) is 24.1. The Labute approximate surface area is 154 Å². The number of carbonyl (C=O) groups excluding carboxylic acids is 2. The molecule has 0 bridgehead atoms. The molecule has 5 nitrogen and oxygen atoms in total. The lowest BCUT2D eigenvalue weighted by atomic mass is 9.88. The van der Waals surface area contributed by atoms with Crippen LogP contribution in [0, 0.1) is 0 Å². The zero-order valence-corrected chi connectivity index (χ0v) is 15.1. The zero-order chi connectivity index (χ0) is 18.6. The van der Waals surface area contributed by atoms with Gasteiger partial charge in [0.05, 0.1) is 6.54 Å². The lowest BCUT2D eigenvalue weighted by molar-refractivity contribution is -0.126. The summed E-state index contributed by atoms with van der Waals surface area (Å²) in [6, 6.07) is 19.9. The Bertz CT molecular complexity index is 635. The Morgan fingerprint density at radius 2 is 1.46 bits per heavy atom. The molecule has 2 aromatic carbocycles. The molecule has 0 aliphatic rings. The molecular weight excluding hydrogens is 328 g/mol. The van der Waals surface area contributed by atoms with Crippen molar-refractivity contribution in [2.75, 3.05) is 26.8 Å². The summed E-state index contributed by atoms with van der Waals surface area (Å²) in [5.41, 5.74) is 2.16. The van der Waals surface area contributed by atoms with Crippen molar-refractivity contribution in [1.29, 1.82) is 0 Å². The second-order valence-electron chi connectivity index (χ2n) is 6.05. The van der Waals surface area contributed by atoms with Crippen LogP contribution < -0.4 is 10.6 Å². The maximum atomic E-state index is 12.4. The van der Waals surface area contributed by atoms with E-state index in [0.717, 1.165) is 17.5 Å². The van der Waals surface area contributed by atoms with Gasteiger partial charge in [0, 0.05) is 32.6 Å². The number of hydrogen-bond acceptors (Lipinski definition) is 3. The maximum Gasteiger partial charge on any atom is 0.239 e. The van der Waals surface area contributed by atoms with Gasteiger partial charge in [-0.2, -0.15) is 0 Å². The number of benzene rings is 2. The fourth-order valence-corrected chi connectivity index (χ4v) is 2.74. The quantitative estimate of drug-likeness (QED) is 0.644. The number of ether oxygens (including phenoxy) is 1. The smallest absolute Gasteiger partial charge is 0.239 e. The van der Waals surface area contributed by atoms with E-state index in [4.69, 9.17) is 4.74 Å². The summed E-state index contributed by atoms with van der Waals surface area (Å²) >= 11 is 0. The van der Waals surface area contributed by atoms with E-state index >= 15 is 0 Å². The molecule has 26 heavy (non-hydrogen) atoms. The van der Waals surface area contributed by atoms with Crippen LogP contribution in [-0.4, -0.2) is 38.6 Å². The van der Waals surface area contributed by atoms with Gasteiger partial charge in [0.2, 0.25) is 11.8 Å². The summed E-state index contributed by atoms with van der Waals surface area (Å²) in [7, 11) is 1.62. The van der Waals surface area contributed by atoms with Gasteiger partial charge < -0.3 is 15.4 Å². The van der Waals surface area contributed by atoms with Crippen molar-refractivity contribution in [3.05, 3.63) is 71.8 Å². The molecule has 0 fully saturated rings. The fraction of sp³-hybridized carbons (Fsp3) is 0.333. The Morgan fingerprint density at radius 3 is 2.00 bits per heavy atom. The predicted octanol–water partition coefficient (Wildman–Crippen LogP) is 2.48. The van der Waals surface area contributed by atoms with Crippen LogP contribution in [0.4, 0.5) is 0 Å². The topological polar surface area (TPSA) is 67.4 Å². The van der Waals surface area contributed by atoms with E-state index < -0.39 is 0 Å². The predicted molar refractivity (Wildman–Crippen MR) is 102 cm³/mol. The molecule has 0 saturated carbocycles. The average molecular weight is 354 g/mol. The minimum absolute atomic E-state index is 0.0118. The lowest BCUT2D eigenvalue weighted by Gasteiger charge is -2.18. The van der Waals surface area contributed by atoms with Gasteiger partial charge in [-0.1, -0.05) is 60.7 Å². The second-order valence-corrected chi connectivity index (χ2v) is 6.05. The highest BCUT2D eigenvalue weighted by Crippen LogP contribution is 2.27. The van der Waals surface area contributed by atoms with E-state index in [2.05, 4.69) is 10.6 Å². The van der Waals surface area contributed by atoms with Crippen molar-refractivity contribution in [3.8, 4) is 0 Å². The third kappa shape index (κ3) is 6.69. The first kappa shape index (κ1) is 19.7. The van der Waals surface area contributed by atoms with Crippen LogP contribution in [0.25, 0.3) is 0 Å². The van der Waals surface area contributed by atoms with Crippen LogP contribution in [0.3, 0.4) is 0 Å². The highest BCUT2D eigenvalue weighted by atomic mass is 16.5. The van der Waals surface area contributed by atoms with E-state index in [0.29, 0.717) is 19.6 Å². The second kappa shape index (κ2) is 11.1. The first-order valence-corrected chi connectivity index (χ1v) is 8.83. The third-order valence-corrected chi connectivity index (χ3v) is 4.09. The van der Waals surface area contributed by atoms with E-state index in [1.807, 2.05) is 60.7 Å². The molecule has 0 heterocycles. The molecule has 138 valence electrons. The van der Waals surface area contributed by atoms with E-state index in [1.54, 1.807) is 7.11 Å². The molecule has 0 aliphatic carbocycles. The molecule has 2 N–H and O–H groups in total. The summed E-state index contributed by atoms with van der Waals surface area (Å²) in [6.07, 6.45) is 1.05. The Hall–Kier alpha value is -2.66. The van der Waals surface area contributed by atoms with Crippen molar-refractivity contribution in [2.24, 2.45) is 0 Å². The van der Waals surface area contributed by atoms with Crippen LogP contribution in [0.1, 0.15) is 29.9 Å². The van der Waals surface area contributed by atoms with Gasteiger partial charge in [0.25, 0.3) is 0 Å². The van der Waals surface area contributed by atoms with Crippen LogP contribution in [-0.2, 0) is 14.3 Å². The Kier molecular flexibility index (Phi) is 8.36. The maximum absolute atomic E-state index is 12.4. The molecule has 0 atom stereocenters. The molecule has 5 heteroatoms. The SMILES string of the molecule is COCCCNC(=O)CNC(=O)CC(c1ccccc1)c1ccccc1. The summed E-state index contributed by atoms with van der Waals surface area (Å²) in [6.45, 7) is 1.13. The van der Waals surface area contributed by atoms with Crippen molar-refractivity contribution in [3.63, 3.8) is 0 Å².